The quantitative estimate of drug-likeness (QED) is 0.779. The minimum Gasteiger partial charge on any atom is -0.423 e. The lowest BCUT2D eigenvalue weighted by molar-refractivity contribution is 0.155. The molecule has 1 fully saturated rings. The maximum absolute atomic E-state index is 13.8. The molecule has 1 saturated heterocycles. The second-order valence-corrected chi connectivity index (χ2v) is 5.53. The molecule has 22 heavy (non-hydrogen) atoms. The number of allylic oxidation sites excluding steroid dienone is 2. The van der Waals surface area contributed by atoms with Gasteiger partial charge in [-0.05, 0) is 29.2 Å². The number of rotatable bonds is 1. The summed E-state index contributed by atoms with van der Waals surface area (Å²) in [7, 11) is -1.07. The van der Waals surface area contributed by atoms with Crippen LogP contribution >= 0.6 is 0 Å². The van der Waals surface area contributed by atoms with Crippen LogP contribution in [-0.2, 0) is 4.65 Å². The molecule has 1 aliphatic carbocycles. The van der Waals surface area contributed by atoms with E-state index < -0.39 is 31.0 Å². The van der Waals surface area contributed by atoms with Gasteiger partial charge in [0, 0.05) is 11.3 Å². The maximum atomic E-state index is 13.8. The number of hydrogen-bond acceptors (Lipinski definition) is 5. The number of hydrogen-bond donors (Lipinski definition) is 2. The molecule has 3 unspecified atom stereocenters. The summed E-state index contributed by atoms with van der Waals surface area (Å²) in [5.74, 6) is -0.828. The van der Waals surface area contributed by atoms with Crippen LogP contribution in [0.1, 0.15) is 11.7 Å². The van der Waals surface area contributed by atoms with Crippen molar-refractivity contribution in [1.82, 2.24) is 10.2 Å². The predicted octanol–water partition coefficient (Wildman–Crippen LogP) is 1.46. The summed E-state index contributed by atoms with van der Waals surface area (Å²) in [6.07, 6.45) is 3.95. The Bertz CT molecular complexity index is 810. The molecule has 0 amide bonds. The Hall–Kier alpha value is -2.09. The summed E-state index contributed by atoms with van der Waals surface area (Å²) in [4.78, 5) is 0. The summed E-state index contributed by atoms with van der Waals surface area (Å²) in [5.41, 5.74) is 8.09. The molecular formula is C15H13BFN3O2. The fourth-order valence-electron chi connectivity index (χ4n) is 3.15. The molecule has 3 atom stereocenters. The number of nitrogens with two attached hydrogens (primary N) is 1. The van der Waals surface area contributed by atoms with Crippen molar-refractivity contribution in [2.75, 3.05) is 0 Å². The molecule has 5 nitrogen and oxygen atoms in total. The highest BCUT2D eigenvalue weighted by Crippen LogP contribution is 2.44. The largest absolute Gasteiger partial charge is 0.487 e. The average Bonchev–Trinajstić information content (AvgIpc) is 2.88. The van der Waals surface area contributed by atoms with Gasteiger partial charge in [-0.3, -0.25) is 0 Å². The molecule has 3 N–H and O–H groups in total. The molecule has 2 aliphatic rings. The van der Waals surface area contributed by atoms with Crippen LogP contribution in [0.4, 0.5) is 4.39 Å². The third kappa shape index (κ3) is 1.98. The second kappa shape index (κ2) is 4.98. The fourth-order valence-corrected chi connectivity index (χ4v) is 3.15. The minimum absolute atomic E-state index is 0.406. The first-order valence-electron chi connectivity index (χ1n) is 7.03. The normalized spacial score (nSPS) is 27.6. The number of benzene rings is 1. The molecule has 4 rings (SSSR count). The summed E-state index contributed by atoms with van der Waals surface area (Å²) >= 11 is 0. The van der Waals surface area contributed by atoms with Crippen molar-refractivity contribution in [3.05, 3.63) is 59.5 Å². The van der Waals surface area contributed by atoms with E-state index in [0.29, 0.717) is 5.47 Å². The van der Waals surface area contributed by atoms with Gasteiger partial charge in [0.05, 0.1) is 23.9 Å². The van der Waals surface area contributed by atoms with Gasteiger partial charge < -0.3 is 15.4 Å². The molecule has 1 aromatic heterocycles. The van der Waals surface area contributed by atoms with Gasteiger partial charge in [0.2, 0.25) is 0 Å². The van der Waals surface area contributed by atoms with Crippen LogP contribution in [0.5, 0.6) is 0 Å². The van der Waals surface area contributed by atoms with Gasteiger partial charge in [0.15, 0.2) is 0 Å². The minimum atomic E-state index is -1.07. The van der Waals surface area contributed by atoms with Crippen molar-refractivity contribution in [1.29, 1.82) is 0 Å². The first-order valence-corrected chi connectivity index (χ1v) is 7.03. The highest BCUT2D eigenvalue weighted by Gasteiger charge is 2.48. The average molecular weight is 297 g/mol. The van der Waals surface area contributed by atoms with Crippen LogP contribution < -0.4 is 5.73 Å². The fraction of sp³-hybridized carbons (Fsp3) is 0.200. The highest BCUT2D eigenvalue weighted by molar-refractivity contribution is 6.53. The van der Waals surface area contributed by atoms with E-state index in [1.165, 1.54) is 6.08 Å². The Balaban J connectivity index is 1.78. The van der Waals surface area contributed by atoms with Crippen molar-refractivity contribution < 1.29 is 14.1 Å². The zero-order chi connectivity index (χ0) is 15.3. The van der Waals surface area contributed by atoms with Crippen molar-refractivity contribution in [2.24, 2.45) is 11.7 Å². The van der Waals surface area contributed by atoms with E-state index in [1.54, 1.807) is 12.3 Å². The molecular weight excluding hydrogens is 284 g/mol. The van der Waals surface area contributed by atoms with Gasteiger partial charge in [0.1, 0.15) is 5.83 Å². The van der Waals surface area contributed by atoms with Gasteiger partial charge in [-0.2, -0.15) is 10.2 Å². The Kier molecular flexibility index (Phi) is 3.07. The SMILES string of the molecule is NC1C(F)=CC=C2B(O)OC(c3ccc4ccnnc4c3)C21. The standard InChI is InChI=1S/C15H13BFN3O2/c17-11-4-3-10-13(14(11)18)15(22-16(10)21)9-2-1-8-5-6-19-20-12(8)7-9/h1-7,13-15,21H,18H2. The Labute approximate surface area is 126 Å². The second-order valence-electron chi connectivity index (χ2n) is 5.53. The first-order chi connectivity index (χ1) is 10.6. The Morgan fingerprint density at radius 3 is 3.00 bits per heavy atom. The molecule has 0 radical (unpaired) electrons. The first kappa shape index (κ1) is 13.6. The number of halogens is 1. The summed E-state index contributed by atoms with van der Waals surface area (Å²) in [6.45, 7) is 0. The van der Waals surface area contributed by atoms with E-state index in [4.69, 9.17) is 10.4 Å². The van der Waals surface area contributed by atoms with Crippen LogP contribution in [0.2, 0.25) is 0 Å². The van der Waals surface area contributed by atoms with E-state index in [-0.39, 0.29) is 0 Å². The zero-order valence-electron chi connectivity index (χ0n) is 11.6. The molecule has 2 aromatic rings. The van der Waals surface area contributed by atoms with E-state index in [1.807, 2.05) is 24.3 Å². The number of nitrogens with zero attached hydrogens (tertiary/aromatic N) is 2. The lowest BCUT2D eigenvalue weighted by atomic mass is 9.69. The summed E-state index contributed by atoms with van der Waals surface area (Å²) in [5, 5.41) is 18.9. The van der Waals surface area contributed by atoms with E-state index >= 15 is 0 Å². The van der Waals surface area contributed by atoms with Gasteiger partial charge in [-0.15, -0.1) is 0 Å². The van der Waals surface area contributed by atoms with Crippen LogP contribution in [0.15, 0.2) is 53.9 Å². The van der Waals surface area contributed by atoms with Crippen molar-refractivity contribution in [3.63, 3.8) is 0 Å². The lowest BCUT2D eigenvalue weighted by Gasteiger charge is -2.27. The molecule has 0 spiro atoms. The maximum Gasteiger partial charge on any atom is 0.487 e. The van der Waals surface area contributed by atoms with E-state index in [0.717, 1.165) is 16.5 Å². The molecule has 1 aliphatic heterocycles. The number of fused-ring (bicyclic) bond motifs is 2. The summed E-state index contributed by atoms with van der Waals surface area (Å²) in [6, 6.07) is 6.66. The van der Waals surface area contributed by atoms with Crippen LogP contribution in [0, 0.1) is 5.92 Å². The van der Waals surface area contributed by atoms with E-state index in [9.17, 15) is 9.41 Å². The molecule has 2 heterocycles. The lowest BCUT2D eigenvalue weighted by Crippen LogP contribution is -2.35. The van der Waals surface area contributed by atoms with Crippen molar-refractivity contribution >= 4 is 18.0 Å². The highest BCUT2D eigenvalue weighted by atomic mass is 19.1. The van der Waals surface area contributed by atoms with Gasteiger partial charge in [0.25, 0.3) is 0 Å². The molecule has 1 aromatic carbocycles. The molecule has 0 saturated carbocycles. The third-order valence-corrected chi connectivity index (χ3v) is 4.28. The van der Waals surface area contributed by atoms with Crippen molar-refractivity contribution in [2.45, 2.75) is 12.1 Å². The topological polar surface area (TPSA) is 81.3 Å². The Morgan fingerprint density at radius 1 is 1.27 bits per heavy atom. The Morgan fingerprint density at radius 2 is 2.14 bits per heavy atom. The smallest absolute Gasteiger partial charge is 0.423 e. The summed E-state index contributed by atoms with van der Waals surface area (Å²) < 4.78 is 19.4. The molecule has 7 heteroatoms. The predicted molar refractivity (Wildman–Crippen MR) is 80.1 cm³/mol. The third-order valence-electron chi connectivity index (χ3n) is 4.28. The van der Waals surface area contributed by atoms with Crippen molar-refractivity contribution in [3.8, 4) is 0 Å². The number of aromatic nitrogens is 2. The molecule has 0 bridgehead atoms. The van der Waals surface area contributed by atoms with Gasteiger partial charge in [-0.1, -0.05) is 18.2 Å². The van der Waals surface area contributed by atoms with E-state index in [2.05, 4.69) is 10.2 Å². The van der Waals surface area contributed by atoms with Crippen LogP contribution in [-0.4, -0.2) is 28.4 Å². The van der Waals surface area contributed by atoms with Crippen LogP contribution in [0.3, 0.4) is 0 Å². The monoisotopic (exact) mass is 297 g/mol. The molecule has 110 valence electrons. The van der Waals surface area contributed by atoms with Gasteiger partial charge >= 0.3 is 7.12 Å². The zero-order valence-corrected chi connectivity index (χ0v) is 11.6. The van der Waals surface area contributed by atoms with Gasteiger partial charge in [-0.25, -0.2) is 4.39 Å². The van der Waals surface area contributed by atoms with Crippen LogP contribution in [0.25, 0.3) is 10.9 Å².